The molecular formula is C16H17NO3S. The largest absolute Gasteiger partial charge is 0.460 e. The van der Waals surface area contributed by atoms with Gasteiger partial charge in [-0.05, 0) is 43.0 Å². The van der Waals surface area contributed by atoms with Crippen LogP contribution in [0.1, 0.15) is 32.5 Å². The monoisotopic (exact) mass is 303 g/mol. The van der Waals surface area contributed by atoms with E-state index in [2.05, 4.69) is 5.32 Å². The highest BCUT2D eigenvalue weighted by molar-refractivity contribution is 7.11. The SMILES string of the molecule is CC(=O)c1cc(NCCOC(=O)c2cccs2)ccc1C. The zero-order chi connectivity index (χ0) is 15.2. The molecule has 110 valence electrons. The van der Waals surface area contributed by atoms with Crippen molar-refractivity contribution in [3.8, 4) is 0 Å². The van der Waals surface area contributed by atoms with Gasteiger partial charge in [0.15, 0.2) is 5.78 Å². The van der Waals surface area contributed by atoms with Crippen LogP contribution in [0.4, 0.5) is 5.69 Å². The molecule has 1 heterocycles. The van der Waals surface area contributed by atoms with E-state index >= 15 is 0 Å². The van der Waals surface area contributed by atoms with Crippen molar-refractivity contribution in [3.63, 3.8) is 0 Å². The minimum atomic E-state index is -0.305. The average molecular weight is 303 g/mol. The Bertz CT molecular complexity index is 635. The lowest BCUT2D eigenvalue weighted by molar-refractivity contribution is 0.0526. The Morgan fingerprint density at radius 2 is 2.10 bits per heavy atom. The number of ketones is 1. The number of thiophene rings is 1. The lowest BCUT2D eigenvalue weighted by Crippen LogP contribution is -2.13. The van der Waals surface area contributed by atoms with Crippen LogP contribution in [0.25, 0.3) is 0 Å². The van der Waals surface area contributed by atoms with Crippen molar-refractivity contribution < 1.29 is 14.3 Å². The Hall–Kier alpha value is -2.14. The summed E-state index contributed by atoms with van der Waals surface area (Å²) in [6.07, 6.45) is 0. The molecule has 5 heteroatoms. The number of hydrogen-bond donors (Lipinski definition) is 1. The molecule has 0 fully saturated rings. The standard InChI is InChI=1S/C16H17NO3S/c1-11-5-6-13(10-14(11)12(2)18)17-7-8-20-16(19)15-4-3-9-21-15/h3-6,9-10,17H,7-8H2,1-2H3. The first-order valence-electron chi connectivity index (χ1n) is 6.64. The fourth-order valence-electron chi connectivity index (χ4n) is 1.92. The number of carbonyl (C=O) groups excluding carboxylic acids is 2. The molecule has 1 aromatic carbocycles. The second-order valence-electron chi connectivity index (χ2n) is 4.63. The molecule has 0 atom stereocenters. The number of aryl methyl sites for hydroxylation is 1. The molecular weight excluding hydrogens is 286 g/mol. The minimum Gasteiger partial charge on any atom is -0.460 e. The number of nitrogens with one attached hydrogen (secondary N) is 1. The quantitative estimate of drug-likeness (QED) is 0.504. The first-order valence-corrected chi connectivity index (χ1v) is 7.52. The normalized spacial score (nSPS) is 10.2. The maximum Gasteiger partial charge on any atom is 0.348 e. The summed E-state index contributed by atoms with van der Waals surface area (Å²) in [4.78, 5) is 23.7. The minimum absolute atomic E-state index is 0.0419. The Morgan fingerprint density at radius 1 is 1.29 bits per heavy atom. The molecule has 1 N–H and O–H groups in total. The molecule has 1 aromatic heterocycles. The maximum atomic E-state index is 11.6. The van der Waals surface area contributed by atoms with E-state index in [0.29, 0.717) is 17.0 Å². The van der Waals surface area contributed by atoms with Crippen molar-refractivity contribution in [2.75, 3.05) is 18.5 Å². The Labute approximate surface area is 127 Å². The van der Waals surface area contributed by atoms with Crippen LogP contribution in [0.2, 0.25) is 0 Å². The van der Waals surface area contributed by atoms with Crippen LogP contribution in [0.5, 0.6) is 0 Å². The number of anilines is 1. The van der Waals surface area contributed by atoms with E-state index in [1.807, 2.05) is 36.6 Å². The number of carbonyl (C=O) groups is 2. The third-order valence-electron chi connectivity index (χ3n) is 3.00. The summed E-state index contributed by atoms with van der Waals surface area (Å²) in [6, 6.07) is 9.17. The van der Waals surface area contributed by atoms with E-state index < -0.39 is 0 Å². The van der Waals surface area contributed by atoms with Gasteiger partial charge in [0.2, 0.25) is 0 Å². The van der Waals surface area contributed by atoms with Crippen molar-refractivity contribution in [1.82, 2.24) is 0 Å². The Morgan fingerprint density at radius 3 is 2.76 bits per heavy atom. The molecule has 0 amide bonds. The molecule has 0 unspecified atom stereocenters. The van der Waals surface area contributed by atoms with Crippen molar-refractivity contribution in [3.05, 3.63) is 51.7 Å². The Balaban J connectivity index is 1.82. The van der Waals surface area contributed by atoms with Gasteiger partial charge in [0.05, 0.1) is 0 Å². The number of esters is 1. The Kier molecular flexibility index (Phi) is 5.11. The summed E-state index contributed by atoms with van der Waals surface area (Å²) in [5, 5.41) is 4.98. The first-order chi connectivity index (χ1) is 10.1. The number of Topliss-reactive ketones (excluding diaryl/α,β-unsaturated/α-hetero) is 1. The third-order valence-corrected chi connectivity index (χ3v) is 3.85. The summed E-state index contributed by atoms with van der Waals surface area (Å²) in [5.41, 5.74) is 2.51. The van der Waals surface area contributed by atoms with E-state index in [9.17, 15) is 9.59 Å². The molecule has 2 rings (SSSR count). The highest BCUT2D eigenvalue weighted by Crippen LogP contribution is 2.16. The fourth-order valence-corrected chi connectivity index (χ4v) is 2.53. The van der Waals surface area contributed by atoms with E-state index in [4.69, 9.17) is 4.74 Å². The summed E-state index contributed by atoms with van der Waals surface area (Å²) in [5.74, 6) is -0.264. The lowest BCUT2D eigenvalue weighted by Gasteiger charge is -2.09. The van der Waals surface area contributed by atoms with Gasteiger partial charge >= 0.3 is 5.97 Å². The van der Waals surface area contributed by atoms with Crippen molar-refractivity contribution >= 4 is 28.8 Å². The zero-order valence-electron chi connectivity index (χ0n) is 12.0. The zero-order valence-corrected chi connectivity index (χ0v) is 12.8. The summed E-state index contributed by atoms with van der Waals surface area (Å²) >= 11 is 1.36. The second kappa shape index (κ2) is 7.04. The van der Waals surface area contributed by atoms with Gasteiger partial charge in [-0.3, -0.25) is 4.79 Å². The van der Waals surface area contributed by atoms with Crippen molar-refractivity contribution in [2.24, 2.45) is 0 Å². The fraction of sp³-hybridized carbons (Fsp3) is 0.250. The molecule has 0 saturated heterocycles. The molecule has 0 spiro atoms. The highest BCUT2D eigenvalue weighted by atomic mass is 32.1. The van der Waals surface area contributed by atoms with Crippen LogP contribution in [0, 0.1) is 6.92 Å². The van der Waals surface area contributed by atoms with Gasteiger partial charge in [-0.1, -0.05) is 12.1 Å². The molecule has 0 saturated carbocycles. The third kappa shape index (κ3) is 4.16. The molecule has 0 aliphatic heterocycles. The van der Waals surface area contributed by atoms with E-state index in [0.717, 1.165) is 11.3 Å². The molecule has 0 bridgehead atoms. The van der Waals surface area contributed by atoms with Gasteiger partial charge in [0, 0.05) is 17.8 Å². The topological polar surface area (TPSA) is 55.4 Å². The van der Waals surface area contributed by atoms with E-state index in [1.54, 1.807) is 13.0 Å². The molecule has 0 aliphatic rings. The van der Waals surface area contributed by atoms with Gasteiger partial charge in [-0.15, -0.1) is 11.3 Å². The average Bonchev–Trinajstić information content (AvgIpc) is 2.99. The lowest BCUT2D eigenvalue weighted by atomic mass is 10.0. The number of ether oxygens (including phenoxy) is 1. The van der Waals surface area contributed by atoms with Gasteiger partial charge in [0.25, 0.3) is 0 Å². The van der Waals surface area contributed by atoms with Crippen molar-refractivity contribution in [2.45, 2.75) is 13.8 Å². The van der Waals surface area contributed by atoms with E-state index in [1.165, 1.54) is 11.3 Å². The predicted octanol–water partition coefficient (Wildman–Crippen LogP) is 3.53. The highest BCUT2D eigenvalue weighted by Gasteiger charge is 2.08. The number of rotatable bonds is 6. The molecule has 0 radical (unpaired) electrons. The molecule has 4 nitrogen and oxygen atoms in total. The summed E-state index contributed by atoms with van der Waals surface area (Å²) < 4.78 is 5.15. The summed E-state index contributed by atoms with van der Waals surface area (Å²) in [6.45, 7) is 4.23. The predicted molar refractivity (Wildman–Crippen MR) is 84.3 cm³/mol. The van der Waals surface area contributed by atoms with Gasteiger partial charge in [-0.25, -0.2) is 4.79 Å². The number of benzene rings is 1. The molecule has 21 heavy (non-hydrogen) atoms. The van der Waals surface area contributed by atoms with Crippen LogP contribution < -0.4 is 5.32 Å². The van der Waals surface area contributed by atoms with Crippen LogP contribution in [0.3, 0.4) is 0 Å². The van der Waals surface area contributed by atoms with Gasteiger partial charge in [0.1, 0.15) is 11.5 Å². The van der Waals surface area contributed by atoms with Gasteiger partial charge < -0.3 is 10.1 Å². The van der Waals surface area contributed by atoms with Crippen LogP contribution >= 0.6 is 11.3 Å². The van der Waals surface area contributed by atoms with Gasteiger partial charge in [-0.2, -0.15) is 0 Å². The molecule has 0 aliphatic carbocycles. The number of hydrogen-bond acceptors (Lipinski definition) is 5. The first kappa shape index (κ1) is 15.3. The van der Waals surface area contributed by atoms with E-state index in [-0.39, 0.29) is 18.4 Å². The van der Waals surface area contributed by atoms with Crippen LogP contribution in [-0.4, -0.2) is 24.9 Å². The van der Waals surface area contributed by atoms with Crippen LogP contribution in [-0.2, 0) is 4.74 Å². The molecule has 2 aromatic rings. The summed E-state index contributed by atoms with van der Waals surface area (Å²) in [7, 11) is 0. The van der Waals surface area contributed by atoms with Crippen molar-refractivity contribution in [1.29, 1.82) is 0 Å². The smallest absolute Gasteiger partial charge is 0.348 e. The second-order valence-corrected chi connectivity index (χ2v) is 5.57. The maximum absolute atomic E-state index is 11.6. The van der Waals surface area contributed by atoms with Crippen LogP contribution in [0.15, 0.2) is 35.7 Å².